The molecule has 1 saturated carbocycles. The molecule has 1 fully saturated rings. The minimum atomic E-state index is -3.34. The van der Waals surface area contributed by atoms with Crippen molar-refractivity contribution in [3.8, 4) is 0 Å². The fraction of sp³-hybridized carbons (Fsp3) is 0.692. The lowest BCUT2D eigenvalue weighted by molar-refractivity contribution is 0.464. The lowest BCUT2D eigenvalue weighted by atomic mass is 10.3. The van der Waals surface area contributed by atoms with E-state index >= 15 is 0 Å². The maximum Gasteiger partial charge on any atom is 0.244 e. The third-order valence-electron chi connectivity index (χ3n) is 3.56. The molecule has 19 heavy (non-hydrogen) atoms. The first-order valence-corrected chi connectivity index (χ1v) is 8.15. The van der Waals surface area contributed by atoms with E-state index in [2.05, 4.69) is 19.2 Å². The molecule has 6 heteroatoms. The predicted molar refractivity (Wildman–Crippen MR) is 75.6 cm³/mol. The van der Waals surface area contributed by atoms with Gasteiger partial charge >= 0.3 is 0 Å². The van der Waals surface area contributed by atoms with Gasteiger partial charge in [0.25, 0.3) is 0 Å². The van der Waals surface area contributed by atoms with Gasteiger partial charge < -0.3 is 9.88 Å². The van der Waals surface area contributed by atoms with Crippen LogP contribution < -0.4 is 5.32 Å². The van der Waals surface area contributed by atoms with Crippen LogP contribution in [0.1, 0.15) is 38.4 Å². The molecule has 1 N–H and O–H groups in total. The van der Waals surface area contributed by atoms with Crippen molar-refractivity contribution < 1.29 is 8.42 Å². The van der Waals surface area contributed by atoms with E-state index < -0.39 is 10.0 Å². The standard InChI is InChI=1S/C13H23N3O2S/c1-10(2)16-9-13(7-12(16)8-14-3)19(17,18)15(4)11-5-6-11/h7,9-11,14H,5-6,8H2,1-4H3. The first-order valence-electron chi connectivity index (χ1n) is 6.71. The second-order valence-corrected chi connectivity index (χ2v) is 7.45. The van der Waals surface area contributed by atoms with E-state index in [1.807, 2.05) is 11.6 Å². The number of rotatable bonds is 6. The summed E-state index contributed by atoms with van der Waals surface area (Å²) in [6.45, 7) is 4.78. The van der Waals surface area contributed by atoms with Crippen molar-refractivity contribution in [3.05, 3.63) is 18.0 Å². The van der Waals surface area contributed by atoms with Gasteiger partial charge in [-0.2, -0.15) is 4.31 Å². The molecule has 0 spiro atoms. The first-order chi connectivity index (χ1) is 8.87. The molecule has 1 aromatic heterocycles. The van der Waals surface area contributed by atoms with Gasteiger partial charge in [0.2, 0.25) is 10.0 Å². The number of hydrogen-bond donors (Lipinski definition) is 1. The molecule has 0 bridgehead atoms. The molecule has 0 radical (unpaired) electrons. The summed E-state index contributed by atoms with van der Waals surface area (Å²) in [5.41, 5.74) is 1.00. The highest BCUT2D eigenvalue weighted by molar-refractivity contribution is 7.89. The molecule has 0 unspecified atom stereocenters. The number of aromatic nitrogens is 1. The Labute approximate surface area is 115 Å². The summed E-state index contributed by atoms with van der Waals surface area (Å²) in [7, 11) is 0.197. The molecule has 0 amide bonds. The Morgan fingerprint density at radius 1 is 1.47 bits per heavy atom. The van der Waals surface area contributed by atoms with E-state index in [0.717, 1.165) is 18.5 Å². The van der Waals surface area contributed by atoms with E-state index in [4.69, 9.17) is 0 Å². The zero-order chi connectivity index (χ0) is 14.2. The van der Waals surface area contributed by atoms with E-state index in [-0.39, 0.29) is 12.1 Å². The third kappa shape index (κ3) is 2.85. The molecule has 1 aliphatic rings. The minimum absolute atomic E-state index is 0.195. The summed E-state index contributed by atoms with van der Waals surface area (Å²) in [6, 6.07) is 2.23. The van der Waals surface area contributed by atoms with E-state index in [9.17, 15) is 8.42 Å². The highest BCUT2D eigenvalue weighted by atomic mass is 32.2. The molecular formula is C13H23N3O2S. The number of hydrogen-bond acceptors (Lipinski definition) is 3. The second-order valence-electron chi connectivity index (χ2n) is 5.45. The van der Waals surface area contributed by atoms with Gasteiger partial charge in [-0.3, -0.25) is 0 Å². The van der Waals surface area contributed by atoms with Crippen molar-refractivity contribution in [3.63, 3.8) is 0 Å². The third-order valence-corrected chi connectivity index (χ3v) is 5.43. The molecule has 2 rings (SSSR count). The molecule has 0 atom stereocenters. The summed E-state index contributed by atoms with van der Waals surface area (Å²) in [5, 5.41) is 3.08. The lowest BCUT2D eigenvalue weighted by Gasteiger charge is -2.15. The smallest absolute Gasteiger partial charge is 0.244 e. The van der Waals surface area contributed by atoms with Crippen LogP contribution in [0.5, 0.6) is 0 Å². The molecule has 108 valence electrons. The Morgan fingerprint density at radius 3 is 2.58 bits per heavy atom. The number of nitrogens with one attached hydrogen (secondary N) is 1. The van der Waals surface area contributed by atoms with Gasteiger partial charge in [-0.1, -0.05) is 0 Å². The van der Waals surface area contributed by atoms with E-state index in [1.165, 1.54) is 4.31 Å². The second kappa shape index (κ2) is 5.26. The fourth-order valence-electron chi connectivity index (χ4n) is 2.24. The van der Waals surface area contributed by atoms with Crippen LogP contribution in [0.3, 0.4) is 0 Å². The molecule has 1 aromatic rings. The maximum absolute atomic E-state index is 12.5. The molecule has 0 saturated heterocycles. The van der Waals surface area contributed by atoms with Gasteiger partial charge in [0.1, 0.15) is 4.90 Å². The Bertz CT molecular complexity index is 544. The van der Waals surface area contributed by atoms with Gasteiger partial charge in [-0.15, -0.1) is 0 Å². The summed E-state index contributed by atoms with van der Waals surface area (Å²) < 4.78 is 28.5. The fourth-order valence-corrected chi connectivity index (χ4v) is 3.71. The summed E-state index contributed by atoms with van der Waals surface area (Å²) in [4.78, 5) is 0.404. The SMILES string of the molecule is CNCc1cc(S(=O)(=O)N(C)C2CC2)cn1C(C)C. The molecule has 0 aliphatic heterocycles. The van der Waals surface area contributed by atoms with Crippen molar-refractivity contribution >= 4 is 10.0 Å². The van der Waals surface area contributed by atoms with Gasteiger partial charge in [0.15, 0.2) is 0 Å². The number of nitrogens with zero attached hydrogens (tertiary/aromatic N) is 2. The molecule has 1 heterocycles. The largest absolute Gasteiger partial charge is 0.346 e. The topological polar surface area (TPSA) is 54.3 Å². The molecule has 5 nitrogen and oxygen atoms in total. The minimum Gasteiger partial charge on any atom is -0.346 e. The van der Waals surface area contributed by atoms with Crippen LogP contribution in [-0.4, -0.2) is 37.4 Å². The molecular weight excluding hydrogens is 262 g/mol. The van der Waals surface area contributed by atoms with E-state index in [1.54, 1.807) is 19.3 Å². The highest BCUT2D eigenvalue weighted by Crippen LogP contribution is 2.31. The van der Waals surface area contributed by atoms with Crippen molar-refractivity contribution in [2.75, 3.05) is 14.1 Å². The highest BCUT2D eigenvalue weighted by Gasteiger charge is 2.35. The van der Waals surface area contributed by atoms with Crippen LogP contribution in [0.2, 0.25) is 0 Å². The summed E-state index contributed by atoms with van der Waals surface area (Å²) in [6.07, 6.45) is 3.71. The first kappa shape index (κ1) is 14.6. The van der Waals surface area contributed by atoms with Crippen LogP contribution in [0.25, 0.3) is 0 Å². The van der Waals surface area contributed by atoms with Crippen LogP contribution >= 0.6 is 0 Å². The van der Waals surface area contributed by atoms with Gasteiger partial charge in [-0.05, 0) is 39.8 Å². The normalized spacial score (nSPS) is 16.5. The average molecular weight is 285 g/mol. The Balaban J connectivity index is 2.36. The van der Waals surface area contributed by atoms with Gasteiger partial charge in [0.05, 0.1) is 0 Å². The molecule has 0 aromatic carbocycles. The Morgan fingerprint density at radius 2 is 2.11 bits per heavy atom. The predicted octanol–water partition coefficient (Wildman–Crippen LogP) is 1.57. The van der Waals surface area contributed by atoms with Crippen LogP contribution in [-0.2, 0) is 16.6 Å². The van der Waals surface area contributed by atoms with Crippen LogP contribution in [0, 0.1) is 0 Å². The molecule has 1 aliphatic carbocycles. The monoisotopic (exact) mass is 285 g/mol. The van der Waals surface area contributed by atoms with Crippen molar-refractivity contribution in [1.29, 1.82) is 0 Å². The van der Waals surface area contributed by atoms with Crippen molar-refractivity contribution in [1.82, 2.24) is 14.2 Å². The summed E-state index contributed by atoms with van der Waals surface area (Å²) in [5.74, 6) is 0. The van der Waals surface area contributed by atoms with Crippen LogP contribution in [0.4, 0.5) is 0 Å². The lowest BCUT2D eigenvalue weighted by Crippen LogP contribution is -2.28. The van der Waals surface area contributed by atoms with Gasteiger partial charge in [-0.25, -0.2) is 8.42 Å². The van der Waals surface area contributed by atoms with Gasteiger partial charge in [0, 0.05) is 37.6 Å². The average Bonchev–Trinajstić information content (AvgIpc) is 3.09. The van der Waals surface area contributed by atoms with E-state index in [0.29, 0.717) is 11.4 Å². The number of sulfonamides is 1. The zero-order valence-electron chi connectivity index (χ0n) is 12.0. The Hall–Kier alpha value is -0.850. The van der Waals surface area contributed by atoms with Crippen molar-refractivity contribution in [2.24, 2.45) is 0 Å². The Kier molecular flexibility index (Phi) is 4.03. The van der Waals surface area contributed by atoms with Crippen molar-refractivity contribution in [2.45, 2.75) is 50.2 Å². The van der Waals surface area contributed by atoms with Crippen LogP contribution in [0.15, 0.2) is 17.2 Å². The zero-order valence-corrected chi connectivity index (χ0v) is 12.9. The summed E-state index contributed by atoms with van der Waals surface area (Å²) >= 11 is 0. The maximum atomic E-state index is 12.5. The quantitative estimate of drug-likeness (QED) is 0.863.